The van der Waals surface area contributed by atoms with E-state index in [-0.39, 0.29) is 73.3 Å². The molecule has 63 heavy (non-hydrogen) atoms. The molecule has 5 fully saturated rings. The molecule has 334 valence electrons. The third kappa shape index (κ3) is 7.29. The maximum absolute atomic E-state index is 16.0. The van der Waals surface area contributed by atoms with Crippen molar-refractivity contribution >= 4 is 62.0 Å². The largest absolute Gasteiger partial charge is 0.393 e. The van der Waals surface area contributed by atoms with E-state index in [1.54, 1.807) is 34.0 Å². The summed E-state index contributed by atoms with van der Waals surface area (Å²) in [6.45, 7) is 6.50. The van der Waals surface area contributed by atoms with Crippen molar-refractivity contribution in [3.8, 4) is 0 Å². The molecule has 10 rings (SSSR count). The fourth-order valence-electron chi connectivity index (χ4n) is 10.6. The minimum absolute atomic E-state index is 0.0140. The van der Waals surface area contributed by atoms with Crippen molar-refractivity contribution in [2.24, 2.45) is 7.05 Å². The molecule has 1 unspecified atom stereocenters. The highest BCUT2D eigenvalue weighted by atomic mass is 32.2. The number of nitrogens with zero attached hydrogens (tertiary/aromatic N) is 9. The second-order valence-electron chi connectivity index (χ2n) is 18.3. The summed E-state index contributed by atoms with van der Waals surface area (Å²) in [5.74, 6) is 0.981. The Labute approximate surface area is 365 Å². The highest BCUT2D eigenvalue weighted by molar-refractivity contribution is 7.89. The molecule has 2 aromatic carbocycles. The Balaban J connectivity index is 0.779. The fraction of sp³-hybridized carbons (Fsp3) is 0.545. The van der Waals surface area contributed by atoms with Crippen molar-refractivity contribution in [3.63, 3.8) is 0 Å². The lowest BCUT2D eigenvalue weighted by Crippen LogP contribution is -2.52. The number of hydrogen-bond acceptors (Lipinski definition) is 12. The molecule has 19 heteroatoms. The van der Waals surface area contributed by atoms with Crippen molar-refractivity contribution in [2.75, 3.05) is 59.3 Å². The minimum atomic E-state index is -4.02. The molecule has 2 aliphatic carbocycles. The highest BCUT2D eigenvalue weighted by Gasteiger charge is 2.61. The third-order valence-corrected chi connectivity index (χ3v) is 16.2. The number of urea groups is 1. The number of anilines is 4. The van der Waals surface area contributed by atoms with Crippen LogP contribution in [0.5, 0.6) is 0 Å². The van der Waals surface area contributed by atoms with Crippen LogP contribution in [0.25, 0.3) is 10.9 Å². The lowest BCUT2D eigenvalue weighted by Gasteiger charge is -2.44. The normalized spacial score (nSPS) is 27.2. The number of imide groups is 1. The van der Waals surface area contributed by atoms with E-state index in [9.17, 15) is 27.9 Å². The van der Waals surface area contributed by atoms with E-state index < -0.39 is 39.8 Å². The molecule has 1 spiro atoms. The number of sulfonamides is 1. The molecule has 3 N–H and O–H groups in total. The number of aliphatic hydroxyl groups is 1. The number of hydrogen-bond donors (Lipinski definition) is 3. The zero-order valence-electron chi connectivity index (χ0n) is 35.8. The number of carbonyl (C=O) groups excluding carboxylic acids is 3. The number of amides is 4. The average Bonchev–Trinajstić information content (AvgIpc) is 3.96. The molecule has 4 aromatic rings. The van der Waals surface area contributed by atoms with E-state index in [1.165, 1.54) is 9.21 Å². The first-order valence-corrected chi connectivity index (χ1v) is 23.6. The van der Waals surface area contributed by atoms with Crippen molar-refractivity contribution in [1.29, 1.82) is 0 Å². The van der Waals surface area contributed by atoms with E-state index in [0.29, 0.717) is 24.5 Å². The summed E-state index contributed by atoms with van der Waals surface area (Å²) in [7, 11) is -2.18. The lowest BCUT2D eigenvalue weighted by molar-refractivity contribution is -0.121. The molecule has 6 atom stereocenters. The van der Waals surface area contributed by atoms with Gasteiger partial charge in [0.2, 0.25) is 27.8 Å². The number of benzene rings is 2. The summed E-state index contributed by atoms with van der Waals surface area (Å²) in [5.41, 5.74) is 2.96. The quantitative estimate of drug-likeness (QED) is 0.220. The maximum atomic E-state index is 16.0. The van der Waals surface area contributed by atoms with E-state index >= 15 is 4.39 Å². The zero-order valence-corrected chi connectivity index (χ0v) is 36.6. The summed E-state index contributed by atoms with van der Waals surface area (Å²) in [5, 5.41) is 21.3. The summed E-state index contributed by atoms with van der Waals surface area (Å²) in [6.07, 6.45) is 4.40. The Morgan fingerprint density at radius 1 is 1.00 bits per heavy atom. The summed E-state index contributed by atoms with van der Waals surface area (Å²) in [4.78, 5) is 55.3. The second-order valence-corrected chi connectivity index (χ2v) is 20.2. The van der Waals surface area contributed by atoms with Crippen LogP contribution in [0.15, 0.2) is 53.6 Å². The first-order chi connectivity index (χ1) is 30.2. The Morgan fingerprint density at radius 2 is 1.83 bits per heavy atom. The number of aliphatic hydroxyl groups excluding tert-OH is 1. The van der Waals surface area contributed by atoms with Crippen molar-refractivity contribution in [3.05, 3.63) is 59.8 Å². The van der Waals surface area contributed by atoms with Gasteiger partial charge in [-0.25, -0.2) is 22.6 Å². The van der Waals surface area contributed by atoms with Crippen LogP contribution in [0.1, 0.15) is 82.4 Å². The van der Waals surface area contributed by atoms with Gasteiger partial charge in [0.1, 0.15) is 12.0 Å². The molecule has 4 amide bonds. The number of piperazine rings is 1. The van der Waals surface area contributed by atoms with E-state index in [4.69, 9.17) is 4.98 Å². The molecule has 0 radical (unpaired) electrons. The lowest BCUT2D eigenvalue weighted by atomic mass is 9.92. The van der Waals surface area contributed by atoms with E-state index in [0.717, 1.165) is 73.0 Å². The van der Waals surface area contributed by atoms with Crippen LogP contribution in [0.2, 0.25) is 0 Å². The minimum Gasteiger partial charge on any atom is -0.393 e. The second kappa shape index (κ2) is 15.8. The van der Waals surface area contributed by atoms with Gasteiger partial charge in [0.15, 0.2) is 5.82 Å². The van der Waals surface area contributed by atoms with Crippen molar-refractivity contribution in [1.82, 2.24) is 34.3 Å². The zero-order chi connectivity index (χ0) is 43.9. The SMILES string of the molecule is CC(c1cccc(S(=O)(=O)N2CC[C@H](Nc3ncc4c(n3)N([C@@H]3CCC[C@@H](O)C3)C(=O)C43CC3)[C@H](F)C2)c1)N1CCN(c2ccc3c(N4CCC(=O)NC4=O)nn(C)c3c2)C[C@H]1C. The standard InChI is InChI=1S/C44H54FN11O6S/c1-26-24-52(29-10-11-33-37(22-29)51(3)50-39(33)55-17-13-38(58)48-43(55)60)18-19-54(26)27(2)28-6-4-9-32(20-28)63(61,62)53-16-12-36(35(45)25-53)47-42-46-23-34-40(49-42)56(41(59)44(34)14-15-44)30-7-5-8-31(57)21-30/h4,6,9-11,20,22-23,26-27,30-31,35-36,57H,5,7-8,12-19,21,24-25H2,1-3H3,(H,46,47,49)(H,48,58,60)/t26-,27?,30-,31-,35-,36+/m1/s1. The summed E-state index contributed by atoms with van der Waals surface area (Å²) in [6, 6.07) is 11.7. The van der Waals surface area contributed by atoms with Gasteiger partial charge in [-0.15, -0.1) is 0 Å². The van der Waals surface area contributed by atoms with Crippen molar-refractivity contribution < 1.29 is 32.3 Å². The molecule has 2 aromatic heterocycles. The van der Waals surface area contributed by atoms with Crippen molar-refractivity contribution in [2.45, 2.75) is 112 Å². The Bertz CT molecular complexity index is 2610. The van der Waals surface area contributed by atoms with Crippen LogP contribution in [-0.4, -0.2) is 130 Å². The monoisotopic (exact) mass is 883 g/mol. The molecule has 2 saturated carbocycles. The topological polar surface area (TPSA) is 189 Å². The molecule has 0 bridgehead atoms. The number of fused-ring (bicyclic) bond motifs is 3. The van der Waals surface area contributed by atoms with Gasteiger partial charge in [0.25, 0.3) is 0 Å². The Hall–Kier alpha value is -5.24. The van der Waals surface area contributed by atoms with Crippen LogP contribution in [0.4, 0.5) is 32.5 Å². The smallest absolute Gasteiger partial charge is 0.329 e. The van der Waals surface area contributed by atoms with Crippen LogP contribution < -0.4 is 25.3 Å². The Morgan fingerprint density at radius 3 is 2.57 bits per heavy atom. The number of piperidine rings is 1. The van der Waals surface area contributed by atoms with Gasteiger partial charge < -0.3 is 15.3 Å². The number of halogens is 1. The number of aromatic nitrogens is 4. The fourth-order valence-corrected chi connectivity index (χ4v) is 12.1. The van der Waals surface area contributed by atoms with Crippen LogP contribution in [0, 0.1) is 0 Å². The van der Waals surface area contributed by atoms with Crippen LogP contribution >= 0.6 is 0 Å². The molecule has 6 heterocycles. The van der Waals surface area contributed by atoms with Crippen LogP contribution in [-0.2, 0) is 32.1 Å². The molecule has 4 aliphatic heterocycles. The number of carbonyl (C=O) groups is 3. The van der Waals surface area contributed by atoms with Gasteiger partial charge in [-0.3, -0.25) is 34.3 Å². The number of rotatable bonds is 9. The molecular weight excluding hydrogens is 830 g/mol. The van der Waals surface area contributed by atoms with E-state index in [2.05, 4.69) is 50.4 Å². The number of alkyl halides is 1. The van der Waals surface area contributed by atoms with E-state index in [1.807, 2.05) is 25.2 Å². The van der Waals surface area contributed by atoms with Crippen LogP contribution in [0.3, 0.4) is 0 Å². The van der Waals surface area contributed by atoms with Gasteiger partial charge in [-0.2, -0.15) is 14.4 Å². The average molecular weight is 884 g/mol. The van der Waals surface area contributed by atoms with Gasteiger partial charge in [0.05, 0.1) is 28.0 Å². The first kappa shape index (κ1) is 41.8. The number of nitrogens with one attached hydrogen (secondary N) is 2. The number of aryl methyl sites for hydroxylation is 1. The molecule has 3 saturated heterocycles. The van der Waals surface area contributed by atoms with Gasteiger partial charge in [-0.1, -0.05) is 12.1 Å². The molecule has 17 nitrogen and oxygen atoms in total. The van der Waals surface area contributed by atoms with Gasteiger partial charge in [0, 0.05) is 93.7 Å². The van der Waals surface area contributed by atoms with Gasteiger partial charge >= 0.3 is 6.03 Å². The molecule has 6 aliphatic rings. The maximum Gasteiger partial charge on any atom is 0.329 e. The summed E-state index contributed by atoms with van der Waals surface area (Å²) < 4.78 is 47.1. The first-order valence-electron chi connectivity index (χ1n) is 22.2. The highest BCUT2D eigenvalue weighted by Crippen LogP contribution is 2.57. The van der Waals surface area contributed by atoms with Gasteiger partial charge in [-0.05, 0) is 94.7 Å². The Kier molecular flexibility index (Phi) is 10.5. The predicted octanol–water partition coefficient (Wildman–Crippen LogP) is 3.98. The molecular formula is C44H54FN11O6S. The third-order valence-electron chi connectivity index (χ3n) is 14.3. The predicted molar refractivity (Wildman–Crippen MR) is 234 cm³/mol. The summed E-state index contributed by atoms with van der Waals surface area (Å²) >= 11 is 0.